The zero-order valence-electron chi connectivity index (χ0n) is 12.6. The van der Waals surface area contributed by atoms with E-state index in [1.54, 1.807) is 0 Å². The fraction of sp³-hybridized carbons (Fsp3) is 0.667. The molecule has 1 fully saturated rings. The van der Waals surface area contributed by atoms with Crippen LogP contribution in [0, 0.1) is 25.7 Å². The summed E-state index contributed by atoms with van der Waals surface area (Å²) in [5.41, 5.74) is 1.91. The Morgan fingerprint density at radius 3 is 3.00 bits per heavy atom. The fourth-order valence-electron chi connectivity index (χ4n) is 3.25. The lowest BCUT2D eigenvalue weighted by atomic mass is 9.85. The topological polar surface area (TPSA) is 55.1 Å². The molecule has 20 heavy (non-hydrogen) atoms. The lowest BCUT2D eigenvalue weighted by Crippen LogP contribution is -2.34. The Morgan fingerprint density at radius 2 is 2.25 bits per heavy atom. The van der Waals surface area contributed by atoms with Crippen molar-refractivity contribution in [2.75, 3.05) is 13.1 Å². The molecular formula is C15H23N5. The summed E-state index contributed by atoms with van der Waals surface area (Å²) in [7, 11) is 0. The summed E-state index contributed by atoms with van der Waals surface area (Å²) < 4.78 is 2.10. The van der Waals surface area contributed by atoms with Crippen molar-refractivity contribution in [3.8, 4) is 0 Å². The van der Waals surface area contributed by atoms with Crippen molar-refractivity contribution < 1.29 is 0 Å². The number of aryl methyl sites for hydroxylation is 2. The molecule has 0 saturated carbocycles. The van der Waals surface area contributed by atoms with Gasteiger partial charge in [0.15, 0.2) is 5.65 Å². The SMILES string of the molecule is Cc1cc2nnc(CC(C)C3CCCNC3)n2c(C)n1. The second-order valence-corrected chi connectivity index (χ2v) is 6.04. The highest BCUT2D eigenvalue weighted by Gasteiger charge is 2.22. The zero-order chi connectivity index (χ0) is 14.1. The molecule has 0 radical (unpaired) electrons. The van der Waals surface area contributed by atoms with Gasteiger partial charge in [0.05, 0.1) is 0 Å². The lowest BCUT2D eigenvalue weighted by molar-refractivity contribution is 0.275. The molecule has 3 heterocycles. The Kier molecular flexibility index (Phi) is 3.70. The van der Waals surface area contributed by atoms with Crippen LogP contribution >= 0.6 is 0 Å². The first kappa shape index (κ1) is 13.5. The first-order valence-corrected chi connectivity index (χ1v) is 7.54. The molecule has 1 saturated heterocycles. The minimum absolute atomic E-state index is 0.621. The van der Waals surface area contributed by atoms with Crippen molar-refractivity contribution in [3.05, 3.63) is 23.4 Å². The summed E-state index contributed by atoms with van der Waals surface area (Å²) in [5.74, 6) is 3.39. The zero-order valence-corrected chi connectivity index (χ0v) is 12.6. The van der Waals surface area contributed by atoms with Crippen LogP contribution in [0.25, 0.3) is 5.65 Å². The van der Waals surface area contributed by atoms with E-state index >= 15 is 0 Å². The van der Waals surface area contributed by atoms with Crippen LogP contribution in [0.15, 0.2) is 6.07 Å². The van der Waals surface area contributed by atoms with E-state index in [1.165, 1.54) is 19.4 Å². The molecule has 5 nitrogen and oxygen atoms in total. The second-order valence-electron chi connectivity index (χ2n) is 6.04. The van der Waals surface area contributed by atoms with Crippen LogP contribution < -0.4 is 5.32 Å². The number of hydrogen-bond donors (Lipinski definition) is 1. The van der Waals surface area contributed by atoms with E-state index in [1.807, 2.05) is 19.9 Å². The van der Waals surface area contributed by atoms with Gasteiger partial charge in [-0.15, -0.1) is 10.2 Å². The van der Waals surface area contributed by atoms with Gasteiger partial charge < -0.3 is 5.32 Å². The number of aromatic nitrogens is 4. The van der Waals surface area contributed by atoms with Crippen molar-refractivity contribution in [3.63, 3.8) is 0 Å². The molecule has 0 spiro atoms. The molecule has 3 rings (SSSR count). The van der Waals surface area contributed by atoms with Gasteiger partial charge in [-0.2, -0.15) is 0 Å². The summed E-state index contributed by atoms with van der Waals surface area (Å²) in [6.07, 6.45) is 3.58. The van der Waals surface area contributed by atoms with E-state index in [0.29, 0.717) is 5.92 Å². The van der Waals surface area contributed by atoms with Crippen molar-refractivity contribution in [2.45, 2.75) is 40.0 Å². The summed E-state index contributed by atoms with van der Waals surface area (Å²) >= 11 is 0. The average Bonchev–Trinajstić information content (AvgIpc) is 2.82. The third-order valence-corrected chi connectivity index (χ3v) is 4.40. The number of fused-ring (bicyclic) bond motifs is 1. The maximum absolute atomic E-state index is 4.53. The predicted molar refractivity (Wildman–Crippen MR) is 78.7 cm³/mol. The van der Waals surface area contributed by atoms with Crippen molar-refractivity contribution in [1.82, 2.24) is 24.9 Å². The summed E-state index contributed by atoms with van der Waals surface area (Å²) in [4.78, 5) is 4.53. The molecule has 5 heteroatoms. The van der Waals surface area contributed by atoms with E-state index in [4.69, 9.17) is 0 Å². The molecule has 1 N–H and O–H groups in total. The predicted octanol–water partition coefficient (Wildman–Crippen LogP) is 1.92. The van der Waals surface area contributed by atoms with Crippen molar-refractivity contribution >= 4 is 5.65 Å². The van der Waals surface area contributed by atoms with Crippen LogP contribution in [0.4, 0.5) is 0 Å². The normalized spacial score (nSPS) is 21.2. The quantitative estimate of drug-likeness (QED) is 0.928. The van der Waals surface area contributed by atoms with Gasteiger partial charge in [-0.1, -0.05) is 6.92 Å². The van der Waals surface area contributed by atoms with Gasteiger partial charge in [-0.25, -0.2) is 4.98 Å². The smallest absolute Gasteiger partial charge is 0.164 e. The minimum atomic E-state index is 0.621. The molecular weight excluding hydrogens is 250 g/mol. The van der Waals surface area contributed by atoms with Crippen LogP contribution in [0.5, 0.6) is 0 Å². The highest BCUT2D eigenvalue weighted by molar-refractivity contribution is 5.39. The molecule has 2 aromatic rings. The van der Waals surface area contributed by atoms with Crippen molar-refractivity contribution in [2.24, 2.45) is 11.8 Å². The van der Waals surface area contributed by atoms with Crippen LogP contribution in [-0.2, 0) is 6.42 Å². The van der Waals surface area contributed by atoms with Gasteiger partial charge in [-0.05, 0) is 51.6 Å². The van der Waals surface area contributed by atoms with E-state index in [-0.39, 0.29) is 0 Å². The Balaban J connectivity index is 1.83. The standard InChI is InChI=1S/C15H23N5/c1-10(13-5-4-6-16-9-13)7-14-18-19-15-8-11(2)17-12(3)20(14)15/h8,10,13,16H,4-7,9H2,1-3H3. The van der Waals surface area contributed by atoms with Gasteiger partial charge in [0.2, 0.25) is 0 Å². The molecule has 2 atom stereocenters. The molecule has 0 aliphatic carbocycles. The van der Waals surface area contributed by atoms with Gasteiger partial charge in [-0.3, -0.25) is 4.40 Å². The number of nitrogens with one attached hydrogen (secondary N) is 1. The monoisotopic (exact) mass is 273 g/mol. The lowest BCUT2D eigenvalue weighted by Gasteiger charge is -2.28. The number of hydrogen-bond acceptors (Lipinski definition) is 4. The first-order chi connectivity index (χ1) is 9.65. The molecule has 0 aromatic carbocycles. The van der Waals surface area contributed by atoms with Gasteiger partial charge >= 0.3 is 0 Å². The van der Waals surface area contributed by atoms with E-state index in [2.05, 4.69) is 31.8 Å². The highest BCUT2D eigenvalue weighted by atomic mass is 15.3. The maximum atomic E-state index is 4.53. The number of piperidine rings is 1. The third-order valence-electron chi connectivity index (χ3n) is 4.40. The van der Waals surface area contributed by atoms with Gasteiger partial charge in [0.25, 0.3) is 0 Å². The van der Waals surface area contributed by atoms with Crippen LogP contribution in [0.3, 0.4) is 0 Å². The molecule has 1 aliphatic heterocycles. The summed E-state index contributed by atoms with van der Waals surface area (Å²) in [6.45, 7) is 8.65. The molecule has 0 amide bonds. The average molecular weight is 273 g/mol. The molecule has 2 unspecified atom stereocenters. The minimum Gasteiger partial charge on any atom is -0.316 e. The van der Waals surface area contributed by atoms with Crippen molar-refractivity contribution in [1.29, 1.82) is 0 Å². The molecule has 0 bridgehead atoms. The van der Waals surface area contributed by atoms with Crippen LogP contribution in [-0.4, -0.2) is 32.7 Å². The number of nitrogens with zero attached hydrogens (tertiary/aromatic N) is 4. The Morgan fingerprint density at radius 1 is 1.40 bits per heavy atom. The van der Waals surface area contributed by atoms with Crippen LogP contribution in [0.2, 0.25) is 0 Å². The van der Waals surface area contributed by atoms with E-state index in [9.17, 15) is 0 Å². The molecule has 108 valence electrons. The Bertz CT molecular complexity index is 598. The Hall–Kier alpha value is -1.49. The maximum Gasteiger partial charge on any atom is 0.164 e. The summed E-state index contributed by atoms with van der Waals surface area (Å²) in [5, 5.41) is 12.2. The van der Waals surface area contributed by atoms with Gasteiger partial charge in [0, 0.05) is 18.2 Å². The van der Waals surface area contributed by atoms with Crippen LogP contribution in [0.1, 0.15) is 37.1 Å². The molecule has 1 aliphatic rings. The highest BCUT2D eigenvalue weighted by Crippen LogP contribution is 2.23. The largest absolute Gasteiger partial charge is 0.316 e. The summed E-state index contributed by atoms with van der Waals surface area (Å²) in [6, 6.07) is 2.00. The number of rotatable bonds is 3. The van der Waals surface area contributed by atoms with Gasteiger partial charge in [0.1, 0.15) is 11.6 Å². The van der Waals surface area contributed by atoms with E-state index in [0.717, 1.165) is 41.9 Å². The first-order valence-electron chi connectivity index (χ1n) is 7.54. The third kappa shape index (κ3) is 2.54. The molecule has 2 aromatic heterocycles. The fourth-order valence-corrected chi connectivity index (χ4v) is 3.25. The second kappa shape index (κ2) is 5.48. The van der Waals surface area contributed by atoms with E-state index < -0.39 is 0 Å². The Labute approximate surface area is 119 Å².